The first-order chi connectivity index (χ1) is 14.7. The summed E-state index contributed by atoms with van der Waals surface area (Å²) in [7, 11) is 1.60. The Morgan fingerprint density at radius 1 is 0.967 bits per heavy atom. The first kappa shape index (κ1) is 18.0. The minimum Gasteiger partial charge on any atom is -0.497 e. The molecule has 1 aliphatic heterocycles. The molecule has 1 aliphatic rings. The van der Waals surface area contributed by atoms with Crippen molar-refractivity contribution in [3.05, 3.63) is 88.5 Å². The van der Waals surface area contributed by atoms with Crippen LogP contribution in [-0.4, -0.2) is 23.5 Å². The van der Waals surface area contributed by atoms with Gasteiger partial charge in [0.1, 0.15) is 11.6 Å². The van der Waals surface area contributed by atoms with Crippen LogP contribution in [0.25, 0.3) is 28.7 Å². The number of benzene rings is 3. The minimum atomic E-state index is -0.140. The van der Waals surface area contributed by atoms with Crippen molar-refractivity contribution in [2.75, 3.05) is 13.9 Å². The van der Waals surface area contributed by atoms with Gasteiger partial charge in [0.15, 0.2) is 11.5 Å². The van der Waals surface area contributed by atoms with Gasteiger partial charge in [-0.1, -0.05) is 30.3 Å². The topological polar surface area (TPSA) is 62.6 Å². The number of methoxy groups -OCH3 is 1. The summed E-state index contributed by atoms with van der Waals surface area (Å²) in [5, 5.41) is 0.556. The second-order valence-corrected chi connectivity index (χ2v) is 6.78. The molecule has 0 unspecified atom stereocenters. The van der Waals surface area contributed by atoms with E-state index in [1.165, 1.54) is 0 Å². The Balaban J connectivity index is 1.67. The Morgan fingerprint density at radius 3 is 2.73 bits per heavy atom. The highest BCUT2D eigenvalue weighted by molar-refractivity contribution is 5.80. The zero-order chi connectivity index (χ0) is 20.5. The summed E-state index contributed by atoms with van der Waals surface area (Å²) >= 11 is 0. The summed E-state index contributed by atoms with van der Waals surface area (Å²) < 4.78 is 17.7. The highest BCUT2D eigenvalue weighted by Crippen LogP contribution is 2.33. The van der Waals surface area contributed by atoms with Crippen LogP contribution in [0, 0.1) is 0 Å². The van der Waals surface area contributed by atoms with Crippen LogP contribution in [0.2, 0.25) is 0 Å². The summed E-state index contributed by atoms with van der Waals surface area (Å²) in [6.07, 6.45) is 3.72. The molecule has 4 aromatic rings. The maximum Gasteiger partial charge on any atom is 0.266 e. The van der Waals surface area contributed by atoms with Crippen molar-refractivity contribution in [2.45, 2.75) is 0 Å². The van der Waals surface area contributed by atoms with Crippen molar-refractivity contribution >= 4 is 23.1 Å². The van der Waals surface area contributed by atoms with Crippen molar-refractivity contribution in [2.24, 2.45) is 0 Å². The van der Waals surface area contributed by atoms with Gasteiger partial charge in [0.05, 0.1) is 23.7 Å². The number of para-hydroxylation sites is 1. The van der Waals surface area contributed by atoms with Crippen LogP contribution >= 0.6 is 0 Å². The number of hydrogen-bond acceptors (Lipinski definition) is 5. The molecule has 0 fully saturated rings. The van der Waals surface area contributed by atoms with Crippen molar-refractivity contribution in [3.63, 3.8) is 0 Å². The largest absolute Gasteiger partial charge is 0.497 e. The third-order valence-electron chi connectivity index (χ3n) is 4.93. The number of ether oxygens (including phenoxy) is 3. The maximum absolute atomic E-state index is 13.3. The third kappa shape index (κ3) is 3.18. The van der Waals surface area contributed by atoms with Gasteiger partial charge in [0.25, 0.3) is 5.56 Å². The molecule has 0 saturated carbocycles. The summed E-state index contributed by atoms with van der Waals surface area (Å²) in [6.45, 7) is 0.226. The van der Waals surface area contributed by atoms with Crippen LogP contribution in [0.1, 0.15) is 11.4 Å². The van der Waals surface area contributed by atoms with Gasteiger partial charge in [-0.25, -0.2) is 4.98 Å². The third-order valence-corrected chi connectivity index (χ3v) is 4.93. The van der Waals surface area contributed by atoms with E-state index in [1.54, 1.807) is 17.7 Å². The van der Waals surface area contributed by atoms with Crippen LogP contribution in [0.4, 0.5) is 0 Å². The van der Waals surface area contributed by atoms with Crippen LogP contribution in [-0.2, 0) is 0 Å². The standard InChI is InChI=1S/C24H18N2O4/c1-28-18-6-4-5-17(14-18)26-23(25-20-8-3-2-7-19(20)24(26)27)12-10-16-9-11-21-22(13-16)30-15-29-21/h2-14H,15H2,1H3/b12-10+. The van der Waals surface area contributed by atoms with Crippen molar-refractivity contribution < 1.29 is 14.2 Å². The molecule has 30 heavy (non-hydrogen) atoms. The summed E-state index contributed by atoms with van der Waals surface area (Å²) in [4.78, 5) is 18.1. The molecule has 0 bridgehead atoms. The van der Waals surface area contributed by atoms with E-state index >= 15 is 0 Å². The second kappa shape index (κ2) is 7.40. The van der Waals surface area contributed by atoms with E-state index in [-0.39, 0.29) is 12.4 Å². The van der Waals surface area contributed by atoms with Crippen LogP contribution < -0.4 is 19.8 Å². The normalized spacial score (nSPS) is 12.6. The fourth-order valence-electron chi connectivity index (χ4n) is 3.45. The van der Waals surface area contributed by atoms with Crippen molar-refractivity contribution in [1.82, 2.24) is 9.55 Å². The molecule has 1 aromatic heterocycles. The van der Waals surface area contributed by atoms with E-state index in [9.17, 15) is 4.79 Å². The lowest BCUT2D eigenvalue weighted by atomic mass is 10.1. The molecule has 3 aromatic carbocycles. The Kier molecular flexibility index (Phi) is 4.44. The minimum absolute atomic E-state index is 0.140. The van der Waals surface area contributed by atoms with Crippen LogP contribution in [0.3, 0.4) is 0 Å². The average molecular weight is 398 g/mol. The van der Waals surface area contributed by atoms with E-state index in [1.807, 2.05) is 72.8 Å². The summed E-state index contributed by atoms with van der Waals surface area (Å²) in [5.74, 6) is 2.61. The zero-order valence-corrected chi connectivity index (χ0v) is 16.2. The predicted molar refractivity (Wildman–Crippen MR) is 115 cm³/mol. The van der Waals surface area contributed by atoms with E-state index in [4.69, 9.17) is 19.2 Å². The summed E-state index contributed by atoms with van der Waals surface area (Å²) in [5.41, 5.74) is 2.10. The molecule has 0 radical (unpaired) electrons. The molecule has 0 N–H and O–H groups in total. The highest BCUT2D eigenvalue weighted by atomic mass is 16.7. The van der Waals surface area contributed by atoms with Gasteiger partial charge in [-0.05, 0) is 48.0 Å². The SMILES string of the molecule is COc1cccc(-n2c(/C=C/c3ccc4c(c3)OCO4)nc3ccccc3c2=O)c1. The number of aromatic nitrogens is 2. The van der Waals surface area contributed by atoms with Crippen LogP contribution in [0.15, 0.2) is 71.5 Å². The molecule has 0 atom stereocenters. The number of rotatable bonds is 4. The van der Waals surface area contributed by atoms with Crippen LogP contribution in [0.5, 0.6) is 17.2 Å². The molecule has 5 rings (SSSR count). The first-order valence-corrected chi connectivity index (χ1v) is 9.47. The molecule has 6 heteroatoms. The molecular weight excluding hydrogens is 380 g/mol. The average Bonchev–Trinajstić information content (AvgIpc) is 3.26. The van der Waals surface area contributed by atoms with Gasteiger partial charge in [0, 0.05) is 6.07 Å². The number of nitrogens with zero attached hydrogens (tertiary/aromatic N) is 2. The first-order valence-electron chi connectivity index (χ1n) is 9.47. The fourth-order valence-corrected chi connectivity index (χ4v) is 3.45. The van der Waals surface area contributed by atoms with Gasteiger partial charge in [0.2, 0.25) is 6.79 Å². The Bertz CT molecular complexity index is 1340. The van der Waals surface area contributed by atoms with E-state index < -0.39 is 0 Å². The van der Waals surface area contributed by atoms with Gasteiger partial charge >= 0.3 is 0 Å². The monoisotopic (exact) mass is 398 g/mol. The number of hydrogen-bond donors (Lipinski definition) is 0. The van der Waals surface area contributed by atoms with Gasteiger partial charge in [-0.3, -0.25) is 9.36 Å². The Morgan fingerprint density at radius 2 is 1.83 bits per heavy atom. The van der Waals surface area contributed by atoms with E-state index in [0.717, 1.165) is 11.3 Å². The van der Waals surface area contributed by atoms with Gasteiger partial charge < -0.3 is 14.2 Å². The number of fused-ring (bicyclic) bond motifs is 2. The lowest BCUT2D eigenvalue weighted by Crippen LogP contribution is -2.22. The maximum atomic E-state index is 13.3. The van der Waals surface area contributed by atoms with Crippen molar-refractivity contribution in [1.29, 1.82) is 0 Å². The fraction of sp³-hybridized carbons (Fsp3) is 0.0833. The molecule has 2 heterocycles. The molecule has 0 saturated heterocycles. The summed E-state index contributed by atoms with van der Waals surface area (Å²) in [6, 6.07) is 20.4. The molecule has 6 nitrogen and oxygen atoms in total. The lowest BCUT2D eigenvalue weighted by Gasteiger charge is -2.12. The molecule has 148 valence electrons. The molecular formula is C24H18N2O4. The smallest absolute Gasteiger partial charge is 0.266 e. The molecule has 0 aliphatic carbocycles. The molecule has 0 spiro atoms. The van der Waals surface area contributed by atoms with Gasteiger partial charge in [-0.15, -0.1) is 0 Å². The Hall–Kier alpha value is -4.06. The quantitative estimate of drug-likeness (QED) is 0.513. The predicted octanol–water partition coefficient (Wildman–Crippen LogP) is 4.29. The molecule has 0 amide bonds. The van der Waals surface area contributed by atoms with E-state index in [0.29, 0.717) is 33.9 Å². The lowest BCUT2D eigenvalue weighted by molar-refractivity contribution is 0.174. The Labute approximate surface area is 172 Å². The zero-order valence-electron chi connectivity index (χ0n) is 16.2. The second-order valence-electron chi connectivity index (χ2n) is 6.78. The van der Waals surface area contributed by atoms with Gasteiger partial charge in [-0.2, -0.15) is 0 Å². The highest BCUT2D eigenvalue weighted by Gasteiger charge is 2.14. The van der Waals surface area contributed by atoms with E-state index in [2.05, 4.69) is 0 Å². The van der Waals surface area contributed by atoms with Crippen molar-refractivity contribution in [3.8, 4) is 22.9 Å².